The molecule has 1 N–H and O–H groups in total. The van der Waals surface area contributed by atoms with Gasteiger partial charge < -0.3 is 4.74 Å². The molecule has 0 aliphatic rings. The Hall–Kier alpha value is -3.26. The van der Waals surface area contributed by atoms with Crippen LogP contribution in [0.5, 0.6) is 11.5 Å². The van der Waals surface area contributed by atoms with Crippen LogP contribution in [0.1, 0.15) is 11.3 Å². The Balaban J connectivity index is 1.80. The van der Waals surface area contributed by atoms with E-state index in [4.69, 9.17) is 4.74 Å². The Morgan fingerprint density at radius 2 is 1.92 bits per heavy atom. The van der Waals surface area contributed by atoms with Gasteiger partial charge in [-0.3, -0.25) is 15.5 Å². The normalized spacial score (nSPS) is 10.8. The maximum Gasteiger partial charge on any atom is 0.311 e. The van der Waals surface area contributed by atoms with E-state index in [1.807, 2.05) is 24.4 Å². The molecular formula is C17H14N4O3S. The first kappa shape index (κ1) is 16.6. The number of thiazole rings is 1. The highest BCUT2D eigenvalue weighted by molar-refractivity contribution is 7.13. The van der Waals surface area contributed by atoms with Crippen LogP contribution in [-0.2, 0) is 0 Å². The molecule has 2 aromatic carbocycles. The molecule has 0 aliphatic heterocycles. The van der Waals surface area contributed by atoms with E-state index in [-0.39, 0.29) is 11.4 Å². The Labute approximate surface area is 147 Å². The van der Waals surface area contributed by atoms with E-state index in [0.29, 0.717) is 16.4 Å². The van der Waals surface area contributed by atoms with Crippen LogP contribution >= 0.6 is 11.3 Å². The van der Waals surface area contributed by atoms with Crippen molar-refractivity contribution in [3.05, 3.63) is 75.3 Å². The molecule has 0 saturated carbocycles. The third kappa shape index (κ3) is 4.18. The lowest BCUT2D eigenvalue weighted by atomic mass is 10.2. The van der Waals surface area contributed by atoms with Gasteiger partial charge in [0, 0.05) is 17.0 Å². The molecule has 0 unspecified atom stereocenters. The van der Waals surface area contributed by atoms with E-state index in [9.17, 15) is 10.1 Å². The molecule has 0 atom stereocenters. The third-order valence-corrected chi connectivity index (χ3v) is 4.05. The average Bonchev–Trinajstić information content (AvgIpc) is 3.02. The highest BCUT2D eigenvalue weighted by atomic mass is 32.1. The van der Waals surface area contributed by atoms with E-state index in [1.54, 1.807) is 36.5 Å². The lowest BCUT2D eigenvalue weighted by Gasteiger charge is -2.08. The molecule has 0 aliphatic carbocycles. The zero-order chi connectivity index (χ0) is 17.6. The summed E-state index contributed by atoms with van der Waals surface area (Å²) in [7, 11) is 0. The van der Waals surface area contributed by atoms with Gasteiger partial charge in [-0.15, -0.1) is 11.3 Å². The summed E-state index contributed by atoms with van der Waals surface area (Å²) in [6, 6.07) is 13.4. The summed E-state index contributed by atoms with van der Waals surface area (Å²) < 4.78 is 5.74. The third-order valence-electron chi connectivity index (χ3n) is 3.18. The second kappa shape index (κ2) is 7.54. The molecule has 8 heteroatoms. The second-order valence-electron chi connectivity index (χ2n) is 5.03. The van der Waals surface area contributed by atoms with Gasteiger partial charge in [-0.1, -0.05) is 24.3 Å². The van der Waals surface area contributed by atoms with Crippen molar-refractivity contribution >= 4 is 28.4 Å². The Kier molecular flexibility index (Phi) is 5.00. The standard InChI is InChI=1S/C17H14N4O3S/c1-12-11-25-17(19-12)20-18-10-13-6-2-4-8-15(13)24-16-9-5-3-7-14(16)21(22)23/h2-11H,1H3,(H,19,20). The Bertz CT molecular complexity index is 924. The van der Waals surface area contributed by atoms with Gasteiger partial charge in [-0.25, -0.2) is 4.98 Å². The van der Waals surface area contributed by atoms with Gasteiger partial charge in [0.25, 0.3) is 0 Å². The molecule has 7 nitrogen and oxygen atoms in total. The van der Waals surface area contributed by atoms with E-state index >= 15 is 0 Å². The molecule has 0 saturated heterocycles. The fourth-order valence-corrected chi connectivity index (χ4v) is 2.69. The predicted molar refractivity (Wildman–Crippen MR) is 97.7 cm³/mol. The molecule has 0 fully saturated rings. The number of hydrogen-bond acceptors (Lipinski definition) is 7. The Morgan fingerprint density at radius 3 is 2.64 bits per heavy atom. The summed E-state index contributed by atoms with van der Waals surface area (Å²) in [6.45, 7) is 1.90. The number of hydrogen-bond donors (Lipinski definition) is 1. The van der Waals surface area contributed by atoms with Gasteiger partial charge in [-0.2, -0.15) is 5.10 Å². The predicted octanol–water partition coefficient (Wildman–Crippen LogP) is 4.60. The molecule has 3 rings (SSSR count). The number of nitro benzene ring substituents is 1. The van der Waals surface area contributed by atoms with Crippen molar-refractivity contribution in [2.45, 2.75) is 6.92 Å². The maximum atomic E-state index is 11.1. The van der Waals surface area contributed by atoms with Crippen LogP contribution in [0.3, 0.4) is 0 Å². The van der Waals surface area contributed by atoms with Crippen molar-refractivity contribution in [1.29, 1.82) is 0 Å². The first-order valence-corrected chi connectivity index (χ1v) is 8.23. The smallest absolute Gasteiger partial charge is 0.311 e. The molecule has 0 bridgehead atoms. The number of aromatic nitrogens is 1. The Morgan fingerprint density at radius 1 is 1.20 bits per heavy atom. The van der Waals surface area contributed by atoms with Crippen LogP contribution in [0.2, 0.25) is 0 Å². The second-order valence-corrected chi connectivity index (χ2v) is 5.89. The molecule has 3 aromatic rings. The molecule has 0 spiro atoms. The summed E-state index contributed by atoms with van der Waals surface area (Å²) in [5, 5.41) is 17.9. The van der Waals surface area contributed by atoms with Crippen molar-refractivity contribution < 1.29 is 9.66 Å². The number of nitrogens with one attached hydrogen (secondary N) is 1. The topological polar surface area (TPSA) is 89.7 Å². The van der Waals surface area contributed by atoms with Crippen LogP contribution in [0.4, 0.5) is 10.8 Å². The van der Waals surface area contributed by atoms with E-state index < -0.39 is 4.92 Å². The minimum absolute atomic E-state index is 0.0920. The molecule has 0 amide bonds. The molecule has 0 radical (unpaired) electrons. The van der Waals surface area contributed by atoms with Gasteiger partial charge in [0.2, 0.25) is 10.9 Å². The van der Waals surface area contributed by atoms with Crippen LogP contribution in [0, 0.1) is 17.0 Å². The molecule has 126 valence electrons. The summed E-state index contributed by atoms with van der Waals surface area (Å²) in [5.74, 6) is 0.648. The number of rotatable bonds is 6. The first-order chi connectivity index (χ1) is 12.1. The van der Waals surface area contributed by atoms with Crippen LogP contribution < -0.4 is 10.2 Å². The number of benzene rings is 2. The van der Waals surface area contributed by atoms with Crippen LogP contribution in [0.15, 0.2) is 59.0 Å². The molecule has 25 heavy (non-hydrogen) atoms. The largest absolute Gasteiger partial charge is 0.449 e. The number of aryl methyl sites for hydroxylation is 1. The highest BCUT2D eigenvalue weighted by Gasteiger charge is 2.15. The van der Waals surface area contributed by atoms with Crippen molar-refractivity contribution in [2.24, 2.45) is 5.10 Å². The fourth-order valence-electron chi connectivity index (χ4n) is 2.06. The summed E-state index contributed by atoms with van der Waals surface area (Å²) in [6.07, 6.45) is 1.58. The monoisotopic (exact) mass is 354 g/mol. The molecule has 1 heterocycles. The quantitative estimate of drug-likeness (QED) is 0.397. The average molecular weight is 354 g/mol. The number of hydrazone groups is 1. The number of para-hydroxylation sites is 3. The van der Waals surface area contributed by atoms with Gasteiger partial charge >= 0.3 is 5.69 Å². The van der Waals surface area contributed by atoms with Crippen molar-refractivity contribution in [1.82, 2.24) is 4.98 Å². The number of nitrogens with zero attached hydrogens (tertiary/aromatic N) is 3. The summed E-state index contributed by atoms with van der Waals surface area (Å²) in [5.41, 5.74) is 4.36. The first-order valence-electron chi connectivity index (χ1n) is 7.35. The number of ether oxygens (including phenoxy) is 1. The minimum atomic E-state index is -0.474. The zero-order valence-electron chi connectivity index (χ0n) is 13.2. The fraction of sp³-hybridized carbons (Fsp3) is 0.0588. The summed E-state index contributed by atoms with van der Waals surface area (Å²) >= 11 is 1.45. The van der Waals surface area contributed by atoms with Crippen molar-refractivity contribution in [3.63, 3.8) is 0 Å². The van der Waals surface area contributed by atoms with Gasteiger partial charge in [0.1, 0.15) is 5.75 Å². The van der Waals surface area contributed by atoms with Gasteiger partial charge in [0.05, 0.1) is 16.8 Å². The van der Waals surface area contributed by atoms with E-state index in [2.05, 4.69) is 15.5 Å². The lowest BCUT2D eigenvalue weighted by Crippen LogP contribution is -1.96. The molecule has 1 aromatic heterocycles. The highest BCUT2D eigenvalue weighted by Crippen LogP contribution is 2.32. The zero-order valence-corrected chi connectivity index (χ0v) is 14.1. The number of nitro groups is 1. The van der Waals surface area contributed by atoms with E-state index in [1.165, 1.54) is 17.4 Å². The lowest BCUT2D eigenvalue weighted by molar-refractivity contribution is -0.385. The van der Waals surface area contributed by atoms with Gasteiger partial charge in [0.15, 0.2) is 0 Å². The summed E-state index contributed by atoms with van der Waals surface area (Å²) in [4.78, 5) is 14.9. The maximum absolute atomic E-state index is 11.1. The van der Waals surface area contributed by atoms with Crippen molar-refractivity contribution in [3.8, 4) is 11.5 Å². The van der Waals surface area contributed by atoms with Crippen LogP contribution in [-0.4, -0.2) is 16.1 Å². The minimum Gasteiger partial charge on any atom is -0.449 e. The number of anilines is 1. The molecular weight excluding hydrogens is 340 g/mol. The van der Waals surface area contributed by atoms with Crippen molar-refractivity contribution in [2.75, 3.05) is 5.43 Å². The van der Waals surface area contributed by atoms with E-state index in [0.717, 1.165) is 5.69 Å². The SMILES string of the molecule is Cc1csc(NN=Cc2ccccc2Oc2ccccc2[N+](=O)[O-])n1. The van der Waals surface area contributed by atoms with Gasteiger partial charge in [-0.05, 0) is 25.1 Å². The van der Waals surface area contributed by atoms with Crippen LogP contribution in [0.25, 0.3) is 0 Å².